The predicted molar refractivity (Wildman–Crippen MR) is 109 cm³/mol. The van der Waals surface area contributed by atoms with E-state index in [9.17, 15) is 9.59 Å². The number of benzene rings is 1. The first-order valence-electron chi connectivity index (χ1n) is 9.40. The Morgan fingerprint density at radius 2 is 2.04 bits per heavy atom. The second-order valence-corrected chi connectivity index (χ2v) is 7.49. The first kappa shape index (κ1) is 20.1. The van der Waals surface area contributed by atoms with Crippen molar-refractivity contribution in [1.29, 1.82) is 0 Å². The van der Waals surface area contributed by atoms with Crippen molar-refractivity contribution in [3.8, 4) is 0 Å². The highest BCUT2D eigenvalue weighted by Gasteiger charge is 2.23. The van der Waals surface area contributed by atoms with Gasteiger partial charge in [0.05, 0.1) is 10.6 Å². The van der Waals surface area contributed by atoms with Crippen LogP contribution in [-0.2, 0) is 12.8 Å². The Hall–Kier alpha value is -2.67. The Bertz CT molecular complexity index is 885. The van der Waals surface area contributed by atoms with Gasteiger partial charge in [-0.2, -0.15) is 0 Å². The van der Waals surface area contributed by atoms with Gasteiger partial charge in [-0.05, 0) is 24.5 Å². The molecule has 1 aromatic carbocycles. The average Bonchev–Trinajstić information content (AvgIpc) is 2.65. The number of nitrogens with one attached hydrogen (secondary N) is 3. The third-order valence-electron chi connectivity index (χ3n) is 4.34. The molecule has 7 nitrogen and oxygen atoms in total. The molecular weight excluding hydrogens is 378 g/mol. The number of nitrogens with zero attached hydrogens (tertiary/aromatic N) is 2. The van der Waals surface area contributed by atoms with Crippen LogP contribution < -0.4 is 16.0 Å². The van der Waals surface area contributed by atoms with Crippen molar-refractivity contribution >= 4 is 29.2 Å². The van der Waals surface area contributed by atoms with Crippen LogP contribution in [0.25, 0.3) is 0 Å². The largest absolute Gasteiger partial charge is 0.368 e. The second-order valence-electron chi connectivity index (χ2n) is 7.08. The molecule has 2 amide bonds. The van der Waals surface area contributed by atoms with Crippen LogP contribution >= 0.6 is 11.6 Å². The van der Waals surface area contributed by atoms with E-state index < -0.39 is 0 Å². The summed E-state index contributed by atoms with van der Waals surface area (Å²) in [6.45, 7) is 5.61. The van der Waals surface area contributed by atoms with Gasteiger partial charge in [0.2, 0.25) is 0 Å². The number of anilines is 1. The van der Waals surface area contributed by atoms with Crippen molar-refractivity contribution in [1.82, 2.24) is 20.6 Å². The number of hydrogen-bond donors (Lipinski definition) is 3. The molecule has 0 spiro atoms. The van der Waals surface area contributed by atoms with Gasteiger partial charge in [0.25, 0.3) is 11.8 Å². The summed E-state index contributed by atoms with van der Waals surface area (Å²) in [6, 6.07) is 6.92. The second kappa shape index (κ2) is 9.01. The van der Waals surface area contributed by atoms with Gasteiger partial charge in [-0.25, -0.2) is 9.97 Å². The summed E-state index contributed by atoms with van der Waals surface area (Å²) in [5.74, 6) is 1.31. The Morgan fingerprint density at radius 3 is 2.79 bits per heavy atom. The summed E-state index contributed by atoms with van der Waals surface area (Å²) in [5, 5.41) is 9.33. The summed E-state index contributed by atoms with van der Waals surface area (Å²) in [7, 11) is 0. The van der Waals surface area contributed by atoms with Crippen LogP contribution in [0.5, 0.6) is 0 Å². The number of rotatable bonds is 7. The molecule has 28 heavy (non-hydrogen) atoms. The van der Waals surface area contributed by atoms with Crippen molar-refractivity contribution in [3.05, 3.63) is 51.9 Å². The van der Waals surface area contributed by atoms with E-state index in [-0.39, 0.29) is 11.8 Å². The third kappa shape index (κ3) is 4.78. The predicted octanol–water partition coefficient (Wildman–Crippen LogP) is 2.46. The molecule has 1 aromatic heterocycles. The molecule has 148 valence electrons. The molecule has 0 saturated heterocycles. The monoisotopic (exact) mass is 401 g/mol. The fourth-order valence-corrected chi connectivity index (χ4v) is 3.26. The fraction of sp³-hybridized carbons (Fsp3) is 0.400. The minimum absolute atomic E-state index is 0.163. The quantitative estimate of drug-likeness (QED) is 0.619. The number of fused-ring (bicyclic) bond motifs is 1. The molecule has 0 aliphatic carbocycles. The van der Waals surface area contributed by atoms with E-state index in [1.807, 2.05) is 0 Å². The molecule has 0 atom stereocenters. The normalized spacial score (nSPS) is 13.1. The van der Waals surface area contributed by atoms with Crippen LogP contribution in [0.1, 0.15) is 46.1 Å². The Labute approximate surface area is 169 Å². The molecule has 0 radical (unpaired) electrons. The van der Waals surface area contributed by atoms with Gasteiger partial charge in [0.1, 0.15) is 17.3 Å². The fourth-order valence-electron chi connectivity index (χ4n) is 3.04. The lowest BCUT2D eigenvalue weighted by Crippen LogP contribution is -2.35. The van der Waals surface area contributed by atoms with E-state index in [1.165, 1.54) is 0 Å². The van der Waals surface area contributed by atoms with Crippen molar-refractivity contribution in [2.75, 3.05) is 25.0 Å². The Balaban J connectivity index is 1.66. The maximum atomic E-state index is 12.2. The van der Waals surface area contributed by atoms with E-state index >= 15 is 0 Å². The highest BCUT2D eigenvalue weighted by atomic mass is 35.5. The van der Waals surface area contributed by atoms with Crippen molar-refractivity contribution in [3.63, 3.8) is 0 Å². The number of amides is 2. The summed E-state index contributed by atoms with van der Waals surface area (Å²) in [6.07, 6.45) is 1.37. The van der Waals surface area contributed by atoms with Gasteiger partial charge in [-0.1, -0.05) is 37.6 Å². The zero-order chi connectivity index (χ0) is 20.1. The molecule has 3 N–H and O–H groups in total. The van der Waals surface area contributed by atoms with E-state index in [0.717, 1.165) is 5.56 Å². The molecule has 0 bridgehead atoms. The molecule has 8 heteroatoms. The van der Waals surface area contributed by atoms with Gasteiger partial charge < -0.3 is 16.0 Å². The first-order valence-corrected chi connectivity index (χ1v) is 9.78. The number of hydrogen-bond acceptors (Lipinski definition) is 5. The van der Waals surface area contributed by atoms with Crippen LogP contribution in [-0.4, -0.2) is 41.4 Å². The smallest absolute Gasteiger partial charge is 0.270 e. The van der Waals surface area contributed by atoms with Crippen LogP contribution in [0.2, 0.25) is 5.02 Å². The van der Waals surface area contributed by atoms with Crippen LogP contribution in [0.15, 0.2) is 24.3 Å². The molecule has 1 aliphatic heterocycles. The van der Waals surface area contributed by atoms with Gasteiger partial charge in [-0.15, -0.1) is 0 Å². The Morgan fingerprint density at radius 1 is 1.25 bits per heavy atom. The molecule has 2 aromatic rings. The summed E-state index contributed by atoms with van der Waals surface area (Å²) in [5.41, 5.74) is 1.72. The van der Waals surface area contributed by atoms with Crippen LogP contribution in [0.3, 0.4) is 0 Å². The highest BCUT2D eigenvalue weighted by molar-refractivity contribution is 6.33. The first-order chi connectivity index (χ1) is 13.5. The van der Waals surface area contributed by atoms with Gasteiger partial charge >= 0.3 is 0 Å². The van der Waals surface area contributed by atoms with E-state index in [0.29, 0.717) is 66.3 Å². The zero-order valence-corrected chi connectivity index (χ0v) is 16.8. The molecule has 1 aliphatic rings. The van der Waals surface area contributed by atoms with E-state index in [1.54, 1.807) is 24.3 Å². The molecule has 3 rings (SSSR count). The standard InChI is InChI=1S/C20H24ClN5O2/c1-12(2)11-16-25-17-14(7-8-23-20(17)28)18(26-16)22-9-10-24-19(27)13-5-3-4-6-15(13)21/h3-6,12H,7-11H2,1-2H3,(H,23,28)(H,24,27)(H,22,25,26). The SMILES string of the molecule is CC(C)Cc1nc(NCCNC(=O)c2ccccc2Cl)c2c(n1)C(=O)NCC2. The average molecular weight is 402 g/mol. The Kier molecular flexibility index (Phi) is 6.46. The van der Waals surface area contributed by atoms with Gasteiger partial charge in [0.15, 0.2) is 0 Å². The zero-order valence-electron chi connectivity index (χ0n) is 16.0. The topological polar surface area (TPSA) is 96.0 Å². The number of aromatic nitrogens is 2. The summed E-state index contributed by atoms with van der Waals surface area (Å²) in [4.78, 5) is 33.5. The summed E-state index contributed by atoms with van der Waals surface area (Å²) < 4.78 is 0. The number of carbonyl (C=O) groups excluding carboxylic acids is 2. The van der Waals surface area contributed by atoms with Crippen molar-refractivity contribution < 1.29 is 9.59 Å². The maximum Gasteiger partial charge on any atom is 0.270 e. The van der Waals surface area contributed by atoms with E-state index in [2.05, 4.69) is 39.8 Å². The molecular formula is C20H24ClN5O2. The van der Waals surface area contributed by atoms with Gasteiger partial charge in [-0.3, -0.25) is 9.59 Å². The number of halogens is 1. The number of carbonyl (C=O) groups is 2. The third-order valence-corrected chi connectivity index (χ3v) is 4.67. The highest BCUT2D eigenvalue weighted by Crippen LogP contribution is 2.21. The summed E-state index contributed by atoms with van der Waals surface area (Å²) >= 11 is 6.05. The van der Waals surface area contributed by atoms with Crippen molar-refractivity contribution in [2.24, 2.45) is 5.92 Å². The van der Waals surface area contributed by atoms with Crippen LogP contribution in [0, 0.1) is 5.92 Å². The minimum atomic E-state index is -0.225. The lowest BCUT2D eigenvalue weighted by Gasteiger charge is -2.20. The minimum Gasteiger partial charge on any atom is -0.368 e. The lowest BCUT2D eigenvalue weighted by molar-refractivity contribution is 0.0937. The molecule has 0 fully saturated rings. The van der Waals surface area contributed by atoms with Crippen molar-refractivity contribution in [2.45, 2.75) is 26.7 Å². The molecule has 0 saturated carbocycles. The molecule has 2 heterocycles. The lowest BCUT2D eigenvalue weighted by atomic mass is 10.0. The van der Waals surface area contributed by atoms with Gasteiger partial charge in [0, 0.05) is 31.6 Å². The van der Waals surface area contributed by atoms with E-state index in [4.69, 9.17) is 11.6 Å². The molecule has 0 unspecified atom stereocenters. The maximum absolute atomic E-state index is 12.2. The van der Waals surface area contributed by atoms with Crippen LogP contribution in [0.4, 0.5) is 5.82 Å².